The van der Waals surface area contributed by atoms with Crippen molar-refractivity contribution in [3.63, 3.8) is 0 Å². The van der Waals surface area contributed by atoms with Crippen LogP contribution in [-0.2, 0) is 32.8 Å². The summed E-state index contributed by atoms with van der Waals surface area (Å²) in [5.41, 5.74) is 8.07. The minimum absolute atomic E-state index is 0.145. The number of ether oxygens (including phenoxy) is 2. The highest BCUT2D eigenvalue weighted by Gasteiger charge is 2.30. The van der Waals surface area contributed by atoms with Crippen molar-refractivity contribution in [1.82, 2.24) is 14.7 Å². The summed E-state index contributed by atoms with van der Waals surface area (Å²) in [7, 11) is 0. The number of allylic oxidation sites excluding steroid dienone is 1. The van der Waals surface area contributed by atoms with Crippen molar-refractivity contribution in [3.05, 3.63) is 181 Å². The zero-order valence-corrected chi connectivity index (χ0v) is 30.4. The summed E-state index contributed by atoms with van der Waals surface area (Å²) in [6.45, 7) is 10.6. The number of aromatic nitrogens is 2. The van der Waals surface area contributed by atoms with Gasteiger partial charge in [-0.25, -0.2) is 4.68 Å². The molecule has 2 heterocycles. The van der Waals surface area contributed by atoms with E-state index >= 15 is 0 Å². The summed E-state index contributed by atoms with van der Waals surface area (Å²) in [4.78, 5) is 16.8. The first-order chi connectivity index (χ1) is 26.6. The Labute approximate surface area is 317 Å². The van der Waals surface area contributed by atoms with Crippen molar-refractivity contribution in [1.29, 1.82) is 0 Å². The Morgan fingerprint density at radius 1 is 0.759 bits per heavy atom. The molecule has 0 spiro atoms. The van der Waals surface area contributed by atoms with Crippen LogP contribution in [0.2, 0.25) is 0 Å². The van der Waals surface area contributed by atoms with Gasteiger partial charge in [0.1, 0.15) is 36.1 Å². The lowest BCUT2D eigenvalue weighted by Gasteiger charge is -2.23. The minimum atomic E-state index is -0.145. The Morgan fingerprint density at radius 2 is 1.44 bits per heavy atom. The van der Waals surface area contributed by atoms with Gasteiger partial charge in [-0.2, -0.15) is 5.10 Å². The molecule has 0 unspecified atom stereocenters. The monoisotopic (exact) mass is 715 g/mol. The second-order valence-corrected chi connectivity index (χ2v) is 13.3. The number of carbonyl (C=O) groups is 1. The predicted molar refractivity (Wildman–Crippen MR) is 217 cm³/mol. The number of fused-ring (bicyclic) bond motifs is 1. The summed E-state index contributed by atoms with van der Waals surface area (Å²) in [5, 5.41) is 12.0. The zero-order chi connectivity index (χ0) is 37.1. The Bertz CT molecular complexity index is 2200. The maximum atomic E-state index is 14.9. The largest absolute Gasteiger partial charge is 0.489 e. The number of anilines is 3. The lowest BCUT2D eigenvalue weighted by Crippen LogP contribution is -2.27. The number of amides is 1. The number of nitrogens with zero attached hydrogens (tertiary/aromatic N) is 3. The maximum absolute atomic E-state index is 14.9. The molecule has 8 nitrogen and oxygen atoms in total. The fraction of sp³-hybridized carbons (Fsp3) is 0.174. The maximum Gasteiger partial charge on any atom is 0.260 e. The van der Waals surface area contributed by atoms with Crippen LogP contribution in [0.15, 0.2) is 153 Å². The van der Waals surface area contributed by atoms with E-state index in [2.05, 4.69) is 42.0 Å². The molecule has 0 aliphatic carbocycles. The molecule has 7 rings (SSSR count). The summed E-state index contributed by atoms with van der Waals surface area (Å²) in [6, 6.07) is 42.1. The van der Waals surface area contributed by atoms with Gasteiger partial charge in [0, 0.05) is 55.6 Å². The molecular weight excluding hydrogens is 671 g/mol. The van der Waals surface area contributed by atoms with Gasteiger partial charge in [-0.1, -0.05) is 109 Å². The van der Waals surface area contributed by atoms with Crippen molar-refractivity contribution in [3.8, 4) is 22.8 Å². The van der Waals surface area contributed by atoms with Crippen molar-refractivity contribution < 1.29 is 14.3 Å². The van der Waals surface area contributed by atoms with Crippen LogP contribution < -0.4 is 20.1 Å². The second-order valence-electron chi connectivity index (χ2n) is 13.3. The molecule has 2 N–H and O–H groups in total. The summed E-state index contributed by atoms with van der Waals surface area (Å²) in [6.07, 6.45) is 5.46. The van der Waals surface area contributed by atoms with E-state index in [0.29, 0.717) is 55.5 Å². The zero-order valence-electron chi connectivity index (χ0n) is 30.4. The van der Waals surface area contributed by atoms with Gasteiger partial charge in [-0.05, 0) is 47.2 Å². The SMILES string of the molecule is C=CCCCn1nc(-c2ccccc2)cc1Nc1cc(OCc2ccccc2)cc(OCc2ccccc2)c1C(=O)N1Cc2ccc(NCC=C)cc2C1. The van der Waals surface area contributed by atoms with E-state index in [1.54, 1.807) is 0 Å². The van der Waals surface area contributed by atoms with E-state index < -0.39 is 0 Å². The number of carbonyl (C=O) groups excluding carboxylic acids is 1. The third-order valence-electron chi connectivity index (χ3n) is 9.33. The van der Waals surface area contributed by atoms with Crippen LogP contribution in [0.1, 0.15) is 45.5 Å². The van der Waals surface area contributed by atoms with Crippen LogP contribution in [0, 0.1) is 0 Å². The number of hydrogen-bond donors (Lipinski definition) is 2. The summed E-state index contributed by atoms with van der Waals surface area (Å²) in [5.74, 6) is 1.61. The Hall–Kier alpha value is -6.54. The fourth-order valence-corrected chi connectivity index (χ4v) is 6.54. The molecule has 1 amide bonds. The molecule has 0 saturated heterocycles. The van der Waals surface area contributed by atoms with Gasteiger partial charge in [-0.3, -0.25) is 4.79 Å². The summed E-state index contributed by atoms with van der Waals surface area (Å²) < 4.78 is 15.0. The van der Waals surface area contributed by atoms with Crippen molar-refractivity contribution in [2.24, 2.45) is 0 Å². The van der Waals surface area contributed by atoms with Crippen molar-refractivity contribution >= 4 is 23.1 Å². The lowest BCUT2D eigenvalue weighted by atomic mass is 10.1. The van der Waals surface area contributed by atoms with Crippen LogP contribution in [0.4, 0.5) is 17.2 Å². The number of rotatable bonds is 17. The van der Waals surface area contributed by atoms with E-state index in [0.717, 1.165) is 57.9 Å². The van der Waals surface area contributed by atoms with Crippen LogP contribution in [-0.4, -0.2) is 27.1 Å². The van der Waals surface area contributed by atoms with Crippen molar-refractivity contribution in [2.75, 3.05) is 17.2 Å². The minimum Gasteiger partial charge on any atom is -0.489 e. The molecular formula is C46H45N5O3. The van der Waals surface area contributed by atoms with E-state index in [9.17, 15) is 4.79 Å². The number of nitrogens with one attached hydrogen (secondary N) is 2. The lowest BCUT2D eigenvalue weighted by molar-refractivity contribution is 0.0747. The highest BCUT2D eigenvalue weighted by atomic mass is 16.5. The van der Waals surface area contributed by atoms with E-state index in [-0.39, 0.29) is 12.5 Å². The molecule has 6 aromatic rings. The molecule has 8 heteroatoms. The average Bonchev–Trinajstić information content (AvgIpc) is 3.83. The molecule has 1 aliphatic heterocycles. The first-order valence-corrected chi connectivity index (χ1v) is 18.4. The third kappa shape index (κ3) is 8.73. The van der Waals surface area contributed by atoms with Gasteiger partial charge in [0.05, 0.1) is 11.4 Å². The molecule has 5 aromatic carbocycles. The van der Waals surface area contributed by atoms with Gasteiger partial charge in [-0.15, -0.1) is 13.2 Å². The van der Waals surface area contributed by atoms with E-state index in [1.807, 2.05) is 131 Å². The normalized spacial score (nSPS) is 11.8. The van der Waals surface area contributed by atoms with Crippen molar-refractivity contribution in [2.45, 2.75) is 45.7 Å². The van der Waals surface area contributed by atoms with Crippen LogP contribution in [0.3, 0.4) is 0 Å². The van der Waals surface area contributed by atoms with Gasteiger partial charge in [0.15, 0.2) is 0 Å². The topological polar surface area (TPSA) is 80.6 Å². The quantitative estimate of drug-likeness (QED) is 0.0723. The first-order valence-electron chi connectivity index (χ1n) is 18.4. The fourth-order valence-electron chi connectivity index (χ4n) is 6.54. The standard InChI is InChI=1S/C46H45N5O3/c1-3-5-15-25-51-44(29-41(49-51)36-20-13-8-14-21-36)48-42-27-40(53-32-34-16-9-6-10-17-34)28-43(54-33-35-18-11-7-12-19-35)45(42)46(52)50-30-37-22-23-39(47-24-4-2)26-38(37)31-50/h3-4,6-14,16-23,26-29,47-48H,1-2,5,15,24-25,30-33H2. The molecule has 0 bridgehead atoms. The van der Waals surface area contributed by atoms with Gasteiger partial charge < -0.3 is 25.0 Å². The number of unbranched alkanes of at least 4 members (excludes halogenated alkanes) is 1. The Balaban J connectivity index is 1.30. The first kappa shape index (κ1) is 35.8. The van der Waals surface area contributed by atoms with Gasteiger partial charge in [0.2, 0.25) is 0 Å². The number of hydrogen-bond acceptors (Lipinski definition) is 6. The molecule has 0 radical (unpaired) electrons. The molecule has 54 heavy (non-hydrogen) atoms. The molecule has 0 fully saturated rings. The molecule has 1 aromatic heterocycles. The van der Waals surface area contributed by atoms with Crippen LogP contribution in [0.5, 0.6) is 11.5 Å². The second kappa shape index (κ2) is 17.3. The van der Waals surface area contributed by atoms with E-state index in [1.165, 1.54) is 0 Å². The average molecular weight is 716 g/mol. The van der Waals surface area contributed by atoms with Crippen LogP contribution in [0.25, 0.3) is 11.3 Å². The predicted octanol–water partition coefficient (Wildman–Crippen LogP) is 10.2. The van der Waals surface area contributed by atoms with Gasteiger partial charge >= 0.3 is 0 Å². The molecule has 0 saturated carbocycles. The van der Waals surface area contributed by atoms with Gasteiger partial charge in [0.25, 0.3) is 5.91 Å². The Morgan fingerprint density at radius 3 is 2.15 bits per heavy atom. The number of aryl methyl sites for hydroxylation is 1. The molecule has 0 atom stereocenters. The molecule has 272 valence electrons. The highest BCUT2D eigenvalue weighted by molar-refractivity contribution is 6.03. The Kier molecular flexibility index (Phi) is 11.5. The van der Waals surface area contributed by atoms with E-state index in [4.69, 9.17) is 14.6 Å². The third-order valence-corrected chi connectivity index (χ3v) is 9.33. The number of benzene rings is 5. The smallest absolute Gasteiger partial charge is 0.260 e. The summed E-state index contributed by atoms with van der Waals surface area (Å²) >= 11 is 0. The molecule has 1 aliphatic rings. The van der Waals surface area contributed by atoms with Crippen LogP contribution >= 0.6 is 0 Å². The highest BCUT2D eigenvalue weighted by Crippen LogP contribution is 2.39.